The lowest BCUT2D eigenvalue weighted by Crippen LogP contribution is -2.47. The zero-order valence-electron chi connectivity index (χ0n) is 21.4. The molecule has 0 heterocycles. The molecule has 0 fully saturated rings. The highest BCUT2D eigenvalue weighted by atomic mass is 16.6. The third-order valence-electron chi connectivity index (χ3n) is 6.92. The molecule has 0 aromatic heterocycles. The number of rotatable bonds is 18. The lowest BCUT2D eigenvalue weighted by Gasteiger charge is -2.40. The van der Waals surface area contributed by atoms with Crippen molar-refractivity contribution in [2.45, 2.75) is 138 Å². The Balaban J connectivity index is 4.64. The van der Waals surface area contributed by atoms with E-state index in [1.54, 1.807) is 0 Å². The van der Waals surface area contributed by atoms with Crippen LogP contribution >= 0.6 is 0 Å². The van der Waals surface area contributed by atoms with Crippen molar-refractivity contribution in [1.82, 2.24) is 0 Å². The molecule has 0 saturated carbocycles. The molecule has 0 aliphatic carbocycles. The first-order valence-corrected chi connectivity index (χ1v) is 12.6. The summed E-state index contributed by atoms with van der Waals surface area (Å²) in [6.45, 7) is 16.5. The lowest BCUT2D eigenvalue weighted by atomic mass is 9.77. The van der Waals surface area contributed by atoms with Gasteiger partial charge in [-0.1, -0.05) is 107 Å². The number of hydrogen-bond acceptors (Lipinski definition) is 4. The van der Waals surface area contributed by atoms with Gasteiger partial charge >= 0.3 is 0 Å². The van der Waals surface area contributed by atoms with Crippen molar-refractivity contribution in [1.29, 1.82) is 0 Å². The summed E-state index contributed by atoms with van der Waals surface area (Å²) in [6.07, 6.45) is 9.30. The van der Waals surface area contributed by atoms with Gasteiger partial charge in [-0.2, -0.15) is 0 Å². The molecule has 0 aromatic carbocycles. The molecule has 0 saturated heterocycles. The van der Waals surface area contributed by atoms with E-state index in [4.69, 9.17) is 4.74 Å². The van der Waals surface area contributed by atoms with Gasteiger partial charge in [0, 0.05) is 10.8 Å². The summed E-state index contributed by atoms with van der Waals surface area (Å²) >= 11 is 0. The van der Waals surface area contributed by atoms with Gasteiger partial charge in [0.25, 0.3) is 0 Å². The summed E-state index contributed by atoms with van der Waals surface area (Å²) in [5.41, 5.74) is -1.23. The van der Waals surface area contributed by atoms with Gasteiger partial charge in [0.1, 0.15) is 0 Å². The summed E-state index contributed by atoms with van der Waals surface area (Å²) in [5, 5.41) is 32.4. The van der Waals surface area contributed by atoms with Gasteiger partial charge in [-0.15, -0.1) is 0 Å². The van der Waals surface area contributed by atoms with E-state index in [2.05, 4.69) is 27.7 Å². The Labute approximate surface area is 187 Å². The van der Waals surface area contributed by atoms with Gasteiger partial charge in [-0.25, -0.2) is 0 Å². The Morgan fingerprint density at radius 3 is 1.53 bits per heavy atom. The fraction of sp³-hybridized carbons (Fsp3) is 1.00. The highest BCUT2D eigenvalue weighted by Gasteiger charge is 2.41. The molecule has 182 valence electrons. The van der Waals surface area contributed by atoms with Crippen LogP contribution in [0.15, 0.2) is 0 Å². The summed E-state index contributed by atoms with van der Waals surface area (Å²) in [6, 6.07) is 0. The predicted octanol–water partition coefficient (Wildman–Crippen LogP) is 6.31. The Kier molecular flexibility index (Phi) is 14.7. The quantitative estimate of drug-likeness (QED) is 0.176. The summed E-state index contributed by atoms with van der Waals surface area (Å²) in [4.78, 5) is 0. The molecule has 30 heavy (non-hydrogen) atoms. The number of aliphatic hydroxyl groups is 3. The number of hydrogen-bond donors (Lipinski definition) is 3. The van der Waals surface area contributed by atoms with Gasteiger partial charge in [-0.05, 0) is 24.7 Å². The Bertz CT molecular complexity index is 421. The maximum atomic E-state index is 10.9. The molecule has 0 aromatic rings. The molecule has 0 aliphatic heterocycles. The first-order chi connectivity index (χ1) is 13.9. The third kappa shape index (κ3) is 10.4. The highest BCUT2D eigenvalue weighted by molar-refractivity contribution is 4.86. The fourth-order valence-electron chi connectivity index (χ4n) is 4.35. The number of ether oxygens (including phenoxy) is 1. The SMILES string of the molecule is CCCCCCC(C)C(O)C(C)(C)COC(O)C(C)(C)C(O)C(C)CCCCCC. The van der Waals surface area contributed by atoms with Crippen LogP contribution < -0.4 is 0 Å². The van der Waals surface area contributed by atoms with Gasteiger partial charge in [0.15, 0.2) is 6.29 Å². The summed E-state index contributed by atoms with van der Waals surface area (Å²) < 4.78 is 5.84. The van der Waals surface area contributed by atoms with Crippen molar-refractivity contribution < 1.29 is 20.1 Å². The van der Waals surface area contributed by atoms with E-state index in [1.165, 1.54) is 38.5 Å². The number of unbranched alkanes of at least 4 members (excludes halogenated alkanes) is 6. The molecule has 4 nitrogen and oxygen atoms in total. The first kappa shape index (κ1) is 29.8. The van der Waals surface area contributed by atoms with Crippen molar-refractivity contribution in [3.63, 3.8) is 0 Å². The Hall–Kier alpha value is -0.160. The van der Waals surface area contributed by atoms with Crippen LogP contribution in [-0.2, 0) is 4.74 Å². The molecule has 5 atom stereocenters. The summed E-state index contributed by atoms with van der Waals surface area (Å²) in [7, 11) is 0. The standard InChI is InChI=1S/C26H54O4/c1-9-11-13-15-17-20(3)22(27)25(5,6)19-30-24(29)26(7,8)23(28)21(4)18-16-14-12-10-2/h20-24,27-29H,9-19H2,1-8H3. The minimum atomic E-state index is -1.07. The zero-order valence-corrected chi connectivity index (χ0v) is 21.4. The largest absolute Gasteiger partial charge is 0.392 e. The van der Waals surface area contributed by atoms with Crippen LogP contribution in [0, 0.1) is 22.7 Å². The molecule has 3 N–H and O–H groups in total. The second kappa shape index (κ2) is 14.8. The second-order valence-corrected chi connectivity index (χ2v) is 11.0. The monoisotopic (exact) mass is 430 g/mol. The molecule has 0 rings (SSSR count). The minimum absolute atomic E-state index is 0.108. The van der Waals surface area contributed by atoms with Crippen molar-refractivity contribution >= 4 is 0 Å². The van der Waals surface area contributed by atoms with Crippen molar-refractivity contribution in [2.75, 3.05) is 6.61 Å². The molecule has 0 bridgehead atoms. The lowest BCUT2D eigenvalue weighted by molar-refractivity contribution is -0.220. The minimum Gasteiger partial charge on any atom is -0.392 e. The maximum Gasteiger partial charge on any atom is 0.162 e. The predicted molar refractivity (Wildman–Crippen MR) is 127 cm³/mol. The van der Waals surface area contributed by atoms with Gasteiger partial charge in [0.2, 0.25) is 0 Å². The van der Waals surface area contributed by atoms with Crippen LogP contribution in [0.3, 0.4) is 0 Å². The van der Waals surface area contributed by atoms with Gasteiger partial charge in [-0.3, -0.25) is 0 Å². The molecule has 5 unspecified atom stereocenters. The van der Waals surface area contributed by atoms with Crippen molar-refractivity contribution in [3.8, 4) is 0 Å². The topological polar surface area (TPSA) is 69.9 Å². The van der Waals surface area contributed by atoms with E-state index in [0.717, 1.165) is 25.7 Å². The Morgan fingerprint density at radius 1 is 0.667 bits per heavy atom. The van der Waals surface area contributed by atoms with Crippen LogP contribution in [0.25, 0.3) is 0 Å². The second-order valence-electron chi connectivity index (χ2n) is 11.0. The Morgan fingerprint density at radius 2 is 1.10 bits per heavy atom. The third-order valence-corrected chi connectivity index (χ3v) is 6.92. The van der Waals surface area contributed by atoms with Crippen LogP contribution in [0.1, 0.15) is 120 Å². The zero-order chi connectivity index (χ0) is 23.4. The molecule has 4 heteroatoms. The van der Waals surface area contributed by atoms with E-state index < -0.39 is 29.3 Å². The van der Waals surface area contributed by atoms with E-state index >= 15 is 0 Å². The van der Waals surface area contributed by atoms with Crippen LogP contribution in [0.2, 0.25) is 0 Å². The molecule has 0 amide bonds. The molecular formula is C26H54O4. The van der Waals surface area contributed by atoms with Gasteiger partial charge < -0.3 is 20.1 Å². The molecule has 0 aliphatic rings. The van der Waals surface area contributed by atoms with E-state index in [1.807, 2.05) is 27.7 Å². The summed E-state index contributed by atoms with van der Waals surface area (Å²) in [5.74, 6) is 0.302. The fourth-order valence-corrected chi connectivity index (χ4v) is 4.35. The highest BCUT2D eigenvalue weighted by Crippen LogP contribution is 2.35. The van der Waals surface area contributed by atoms with Crippen LogP contribution in [0.4, 0.5) is 0 Å². The maximum absolute atomic E-state index is 10.9. The number of aliphatic hydroxyl groups excluding tert-OH is 3. The van der Waals surface area contributed by atoms with E-state index in [-0.39, 0.29) is 18.4 Å². The van der Waals surface area contributed by atoms with Crippen LogP contribution in [-0.4, -0.2) is 40.4 Å². The molecular weight excluding hydrogens is 376 g/mol. The van der Waals surface area contributed by atoms with Crippen molar-refractivity contribution in [3.05, 3.63) is 0 Å². The van der Waals surface area contributed by atoms with E-state index in [0.29, 0.717) is 0 Å². The molecule has 0 spiro atoms. The van der Waals surface area contributed by atoms with Crippen molar-refractivity contribution in [2.24, 2.45) is 22.7 Å². The van der Waals surface area contributed by atoms with E-state index in [9.17, 15) is 15.3 Å². The normalized spacial score (nSPS) is 18.1. The average Bonchev–Trinajstić information content (AvgIpc) is 2.70. The smallest absolute Gasteiger partial charge is 0.162 e. The average molecular weight is 431 g/mol. The molecule has 0 radical (unpaired) electrons. The first-order valence-electron chi connectivity index (χ1n) is 12.6. The van der Waals surface area contributed by atoms with Gasteiger partial charge in [0.05, 0.1) is 18.8 Å². The van der Waals surface area contributed by atoms with Crippen LogP contribution in [0.5, 0.6) is 0 Å².